The average molecular weight is 419 g/mol. The SMILES string of the molecule is C[C@H](OC(=O)c1ccc(C(=O)c2ccccc2)cc1)C(=O)N[C@@H](C)c1ccc(F)cc1. The lowest BCUT2D eigenvalue weighted by molar-refractivity contribution is -0.129. The predicted molar refractivity (Wildman–Crippen MR) is 114 cm³/mol. The van der Waals surface area contributed by atoms with Gasteiger partial charge in [0.25, 0.3) is 5.91 Å². The largest absolute Gasteiger partial charge is 0.449 e. The predicted octanol–water partition coefficient (Wildman–Crippen LogP) is 4.48. The van der Waals surface area contributed by atoms with E-state index in [1.54, 1.807) is 55.5 Å². The Bertz CT molecular complexity index is 1060. The van der Waals surface area contributed by atoms with Crippen molar-refractivity contribution < 1.29 is 23.5 Å². The molecule has 0 aliphatic carbocycles. The van der Waals surface area contributed by atoms with Crippen molar-refractivity contribution in [3.63, 3.8) is 0 Å². The van der Waals surface area contributed by atoms with E-state index in [9.17, 15) is 18.8 Å². The van der Waals surface area contributed by atoms with E-state index in [1.807, 2.05) is 6.07 Å². The van der Waals surface area contributed by atoms with Gasteiger partial charge in [-0.05, 0) is 43.7 Å². The molecule has 1 amide bonds. The Morgan fingerprint density at radius 3 is 1.94 bits per heavy atom. The zero-order valence-corrected chi connectivity index (χ0v) is 17.2. The molecule has 0 spiro atoms. The molecule has 0 aliphatic rings. The van der Waals surface area contributed by atoms with Crippen LogP contribution in [-0.4, -0.2) is 23.8 Å². The summed E-state index contributed by atoms with van der Waals surface area (Å²) < 4.78 is 18.3. The van der Waals surface area contributed by atoms with Gasteiger partial charge in [0.05, 0.1) is 11.6 Å². The second kappa shape index (κ2) is 9.80. The maximum Gasteiger partial charge on any atom is 0.338 e. The smallest absolute Gasteiger partial charge is 0.338 e. The lowest BCUT2D eigenvalue weighted by atomic mass is 10.0. The molecule has 0 heterocycles. The van der Waals surface area contributed by atoms with Gasteiger partial charge in [-0.25, -0.2) is 9.18 Å². The van der Waals surface area contributed by atoms with Crippen LogP contribution in [0, 0.1) is 5.82 Å². The van der Waals surface area contributed by atoms with Crippen LogP contribution < -0.4 is 5.32 Å². The monoisotopic (exact) mass is 419 g/mol. The molecule has 0 fully saturated rings. The summed E-state index contributed by atoms with van der Waals surface area (Å²) in [6, 6.07) is 20.3. The maximum atomic E-state index is 13.0. The number of carbonyl (C=O) groups is 3. The molecule has 31 heavy (non-hydrogen) atoms. The number of nitrogens with one attached hydrogen (secondary N) is 1. The van der Waals surface area contributed by atoms with Gasteiger partial charge < -0.3 is 10.1 Å². The van der Waals surface area contributed by atoms with Crippen LogP contribution >= 0.6 is 0 Å². The lowest BCUT2D eigenvalue weighted by Crippen LogP contribution is -2.37. The highest BCUT2D eigenvalue weighted by Crippen LogP contribution is 2.15. The minimum atomic E-state index is -1.03. The second-order valence-corrected chi connectivity index (χ2v) is 7.10. The van der Waals surface area contributed by atoms with Crippen molar-refractivity contribution in [2.24, 2.45) is 0 Å². The molecular weight excluding hydrogens is 397 g/mol. The summed E-state index contributed by atoms with van der Waals surface area (Å²) in [7, 11) is 0. The van der Waals surface area contributed by atoms with Gasteiger partial charge in [-0.1, -0.05) is 54.6 Å². The molecule has 3 aromatic carbocycles. The molecule has 0 aromatic heterocycles. The first-order valence-electron chi connectivity index (χ1n) is 9.82. The minimum Gasteiger partial charge on any atom is -0.449 e. The summed E-state index contributed by atoms with van der Waals surface area (Å²) in [5.74, 6) is -1.65. The first kappa shape index (κ1) is 21.9. The Morgan fingerprint density at radius 2 is 1.32 bits per heavy atom. The molecule has 2 atom stereocenters. The number of benzene rings is 3. The summed E-state index contributed by atoms with van der Waals surface area (Å²) in [6.07, 6.45) is -1.03. The van der Waals surface area contributed by atoms with Crippen LogP contribution in [0.15, 0.2) is 78.9 Å². The van der Waals surface area contributed by atoms with Gasteiger partial charge in [0.1, 0.15) is 5.82 Å². The summed E-state index contributed by atoms with van der Waals surface area (Å²) in [5, 5.41) is 2.73. The summed E-state index contributed by atoms with van der Waals surface area (Å²) in [4.78, 5) is 37.2. The number of ether oxygens (including phenoxy) is 1. The van der Waals surface area contributed by atoms with Crippen LogP contribution in [0.5, 0.6) is 0 Å². The number of esters is 1. The number of ketones is 1. The van der Waals surface area contributed by atoms with Crippen LogP contribution in [-0.2, 0) is 9.53 Å². The van der Waals surface area contributed by atoms with Crippen LogP contribution in [0.25, 0.3) is 0 Å². The van der Waals surface area contributed by atoms with Gasteiger partial charge in [-0.15, -0.1) is 0 Å². The van der Waals surface area contributed by atoms with E-state index in [4.69, 9.17) is 4.74 Å². The first-order chi connectivity index (χ1) is 14.8. The maximum absolute atomic E-state index is 13.0. The topological polar surface area (TPSA) is 72.5 Å². The molecule has 0 saturated carbocycles. The standard InChI is InChI=1S/C25H22FNO4/c1-16(18-12-14-22(26)15-13-18)27-24(29)17(2)31-25(30)21-10-8-20(9-11-21)23(28)19-6-4-3-5-7-19/h3-17H,1-2H3,(H,27,29)/t16-,17-/m0/s1. The van der Waals surface area contributed by atoms with E-state index in [1.165, 1.54) is 31.2 Å². The molecule has 0 saturated heterocycles. The number of carbonyl (C=O) groups excluding carboxylic acids is 3. The summed E-state index contributed by atoms with van der Waals surface area (Å²) >= 11 is 0. The highest BCUT2D eigenvalue weighted by Gasteiger charge is 2.21. The third-order valence-electron chi connectivity index (χ3n) is 4.80. The second-order valence-electron chi connectivity index (χ2n) is 7.10. The lowest BCUT2D eigenvalue weighted by Gasteiger charge is -2.18. The van der Waals surface area contributed by atoms with E-state index in [-0.39, 0.29) is 23.2 Å². The van der Waals surface area contributed by atoms with Crippen molar-refractivity contribution >= 4 is 17.7 Å². The van der Waals surface area contributed by atoms with Crippen molar-refractivity contribution in [1.29, 1.82) is 0 Å². The van der Waals surface area contributed by atoms with E-state index < -0.39 is 18.0 Å². The Kier molecular flexibility index (Phi) is 6.92. The number of rotatable bonds is 7. The van der Waals surface area contributed by atoms with Crippen molar-refractivity contribution in [2.75, 3.05) is 0 Å². The highest BCUT2D eigenvalue weighted by molar-refractivity contribution is 6.09. The molecule has 1 N–H and O–H groups in total. The van der Waals surface area contributed by atoms with E-state index in [2.05, 4.69) is 5.32 Å². The highest BCUT2D eigenvalue weighted by atomic mass is 19.1. The third-order valence-corrected chi connectivity index (χ3v) is 4.80. The Hall–Kier alpha value is -3.80. The number of hydrogen-bond acceptors (Lipinski definition) is 4. The van der Waals surface area contributed by atoms with Crippen LogP contribution in [0.4, 0.5) is 4.39 Å². The molecule has 6 heteroatoms. The summed E-state index contributed by atoms with van der Waals surface area (Å²) in [6.45, 7) is 3.22. The fourth-order valence-electron chi connectivity index (χ4n) is 2.96. The van der Waals surface area contributed by atoms with Gasteiger partial charge in [-0.3, -0.25) is 9.59 Å². The van der Waals surface area contributed by atoms with Gasteiger partial charge in [-0.2, -0.15) is 0 Å². The fourth-order valence-corrected chi connectivity index (χ4v) is 2.96. The average Bonchev–Trinajstić information content (AvgIpc) is 2.79. The zero-order valence-electron chi connectivity index (χ0n) is 17.2. The zero-order chi connectivity index (χ0) is 22.4. The summed E-state index contributed by atoms with van der Waals surface area (Å²) in [5.41, 5.74) is 1.96. The van der Waals surface area contributed by atoms with E-state index in [0.717, 1.165) is 5.56 Å². The van der Waals surface area contributed by atoms with Gasteiger partial charge >= 0.3 is 5.97 Å². The minimum absolute atomic E-state index is 0.150. The van der Waals surface area contributed by atoms with Gasteiger partial charge in [0.15, 0.2) is 11.9 Å². The van der Waals surface area contributed by atoms with E-state index in [0.29, 0.717) is 11.1 Å². The van der Waals surface area contributed by atoms with Gasteiger partial charge in [0, 0.05) is 11.1 Å². The first-order valence-corrected chi connectivity index (χ1v) is 9.82. The van der Waals surface area contributed by atoms with Crippen molar-refractivity contribution in [3.05, 3.63) is 107 Å². The fraction of sp³-hybridized carbons (Fsp3) is 0.160. The Labute approximate surface area is 179 Å². The molecular formula is C25H22FNO4. The molecule has 0 bridgehead atoms. The van der Waals surface area contributed by atoms with Crippen molar-refractivity contribution in [2.45, 2.75) is 26.0 Å². The molecule has 5 nitrogen and oxygen atoms in total. The number of hydrogen-bond donors (Lipinski definition) is 1. The van der Waals surface area contributed by atoms with Crippen molar-refractivity contribution in [3.8, 4) is 0 Å². The molecule has 3 aromatic rings. The molecule has 0 radical (unpaired) electrons. The van der Waals surface area contributed by atoms with Crippen molar-refractivity contribution in [1.82, 2.24) is 5.32 Å². The number of amides is 1. The Balaban J connectivity index is 1.58. The number of halogens is 1. The third kappa shape index (κ3) is 5.63. The Morgan fingerprint density at radius 1 is 0.774 bits per heavy atom. The molecule has 158 valence electrons. The van der Waals surface area contributed by atoms with E-state index >= 15 is 0 Å². The van der Waals surface area contributed by atoms with Crippen LogP contribution in [0.1, 0.15) is 51.7 Å². The van der Waals surface area contributed by atoms with Crippen LogP contribution in [0.3, 0.4) is 0 Å². The molecule has 3 rings (SSSR count). The molecule has 0 unspecified atom stereocenters. The normalized spacial score (nSPS) is 12.5. The van der Waals surface area contributed by atoms with Gasteiger partial charge in [0.2, 0.25) is 0 Å². The molecule has 0 aliphatic heterocycles. The quantitative estimate of drug-likeness (QED) is 0.453. The van der Waals surface area contributed by atoms with Crippen LogP contribution in [0.2, 0.25) is 0 Å².